The van der Waals surface area contributed by atoms with Crippen LogP contribution in [0.25, 0.3) is 0 Å². The highest BCUT2D eigenvalue weighted by molar-refractivity contribution is 6.37. The molecule has 0 unspecified atom stereocenters. The van der Waals surface area contributed by atoms with Crippen molar-refractivity contribution in [2.24, 2.45) is 0 Å². The summed E-state index contributed by atoms with van der Waals surface area (Å²) < 4.78 is 1.65. The zero-order valence-electron chi connectivity index (χ0n) is 9.73. The Morgan fingerprint density at radius 3 is 2.89 bits per heavy atom. The number of rotatable bonds is 4. The Kier molecular flexibility index (Phi) is 3.99. The van der Waals surface area contributed by atoms with Crippen molar-refractivity contribution in [1.29, 1.82) is 0 Å². The van der Waals surface area contributed by atoms with E-state index in [2.05, 4.69) is 10.1 Å². The minimum atomic E-state index is -0.248. The van der Waals surface area contributed by atoms with Crippen molar-refractivity contribution < 1.29 is 4.79 Å². The summed E-state index contributed by atoms with van der Waals surface area (Å²) in [4.78, 5) is 16.3. The van der Waals surface area contributed by atoms with Crippen molar-refractivity contribution in [2.45, 2.75) is 19.9 Å². The molecule has 0 aliphatic heterocycles. The van der Waals surface area contributed by atoms with E-state index in [0.717, 1.165) is 6.42 Å². The van der Waals surface area contributed by atoms with E-state index >= 15 is 0 Å². The normalized spacial score (nSPS) is 10.6. The second kappa shape index (κ2) is 5.50. The lowest BCUT2D eigenvalue weighted by Gasteiger charge is -2.06. The summed E-state index contributed by atoms with van der Waals surface area (Å²) in [7, 11) is 0. The van der Waals surface area contributed by atoms with Gasteiger partial charge in [0.1, 0.15) is 11.4 Å². The summed E-state index contributed by atoms with van der Waals surface area (Å²) in [5.74, 6) is -0.248. The van der Waals surface area contributed by atoms with Crippen molar-refractivity contribution in [3.05, 3.63) is 46.0 Å². The van der Waals surface area contributed by atoms with Gasteiger partial charge in [0.2, 0.25) is 5.78 Å². The molecule has 0 bridgehead atoms. The molecule has 0 amide bonds. The first-order chi connectivity index (χ1) is 8.63. The number of pyridine rings is 1. The zero-order chi connectivity index (χ0) is 13.1. The number of carbonyl (C=O) groups is 1. The molecule has 0 aromatic carbocycles. The summed E-state index contributed by atoms with van der Waals surface area (Å²) in [6.45, 7) is 2.70. The third kappa shape index (κ3) is 2.54. The topological polar surface area (TPSA) is 47.8 Å². The average Bonchev–Trinajstić information content (AvgIpc) is 2.77. The van der Waals surface area contributed by atoms with Gasteiger partial charge in [-0.2, -0.15) is 5.10 Å². The molecule has 0 N–H and O–H groups in total. The fraction of sp³-hybridized carbons (Fsp3) is 0.250. The lowest BCUT2D eigenvalue weighted by Crippen LogP contribution is -2.13. The fourth-order valence-corrected chi connectivity index (χ4v) is 2.08. The number of aromatic nitrogens is 3. The molecule has 0 fully saturated rings. The molecule has 0 aliphatic carbocycles. The van der Waals surface area contributed by atoms with Gasteiger partial charge in [0, 0.05) is 18.9 Å². The maximum atomic E-state index is 12.3. The van der Waals surface area contributed by atoms with Crippen LogP contribution in [0.4, 0.5) is 0 Å². The fourth-order valence-electron chi connectivity index (χ4n) is 1.62. The quantitative estimate of drug-likeness (QED) is 0.810. The smallest absolute Gasteiger partial charge is 0.230 e. The molecule has 0 saturated heterocycles. The van der Waals surface area contributed by atoms with Crippen molar-refractivity contribution in [3.63, 3.8) is 0 Å². The Morgan fingerprint density at radius 1 is 1.44 bits per heavy atom. The standard InChI is InChI=1S/C12H11Cl2N3O/c1-2-5-17-10(3-4-16-17)12(18)11-9(14)6-8(13)7-15-11/h3-4,6-7H,2,5H2,1H3. The third-order valence-corrected chi connectivity index (χ3v) is 2.90. The third-order valence-electron chi connectivity index (χ3n) is 2.41. The zero-order valence-corrected chi connectivity index (χ0v) is 11.2. The molecular formula is C12H11Cl2N3O. The Bertz CT molecular complexity index is 580. The van der Waals surface area contributed by atoms with Crippen LogP contribution >= 0.6 is 23.2 Å². The number of halogens is 2. The second-order valence-corrected chi connectivity index (χ2v) is 4.60. The van der Waals surface area contributed by atoms with Crippen LogP contribution in [0.1, 0.15) is 29.5 Å². The van der Waals surface area contributed by atoms with Gasteiger partial charge in [0.05, 0.1) is 10.0 Å². The van der Waals surface area contributed by atoms with Crippen LogP contribution in [0.3, 0.4) is 0 Å². The predicted molar refractivity (Wildman–Crippen MR) is 70.2 cm³/mol. The number of aryl methyl sites for hydroxylation is 1. The maximum Gasteiger partial charge on any atom is 0.230 e. The molecule has 0 radical (unpaired) electrons. The van der Waals surface area contributed by atoms with Crippen LogP contribution < -0.4 is 0 Å². The molecule has 2 aromatic rings. The van der Waals surface area contributed by atoms with E-state index in [1.165, 1.54) is 12.3 Å². The molecule has 0 aliphatic rings. The van der Waals surface area contributed by atoms with Gasteiger partial charge in [-0.1, -0.05) is 30.1 Å². The minimum Gasteiger partial charge on any atom is -0.285 e. The van der Waals surface area contributed by atoms with Gasteiger partial charge in [0.15, 0.2) is 0 Å². The molecule has 0 atom stereocenters. The van der Waals surface area contributed by atoms with E-state index in [4.69, 9.17) is 23.2 Å². The van der Waals surface area contributed by atoms with Gasteiger partial charge in [-0.3, -0.25) is 9.48 Å². The van der Waals surface area contributed by atoms with Crippen LogP contribution in [0, 0.1) is 0 Å². The Labute approximate surface area is 115 Å². The molecule has 0 saturated carbocycles. The molecular weight excluding hydrogens is 273 g/mol. The lowest BCUT2D eigenvalue weighted by atomic mass is 10.2. The Hall–Kier alpha value is -1.39. The summed E-state index contributed by atoms with van der Waals surface area (Å²) in [5, 5.41) is 4.75. The van der Waals surface area contributed by atoms with Gasteiger partial charge in [0.25, 0.3) is 0 Å². The minimum absolute atomic E-state index is 0.193. The van der Waals surface area contributed by atoms with Crippen LogP contribution in [0.5, 0.6) is 0 Å². The van der Waals surface area contributed by atoms with Crippen LogP contribution in [0.2, 0.25) is 10.0 Å². The second-order valence-electron chi connectivity index (χ2n) is 3.75. The predicted octanol–water partition coefficient (Wildman–Crippen LogP) is 3.23. The SMILES string of the molecule is CCCn1nccc1C(=O)c1ncc(Cl)cc1Cl. The maximum absolute atomic E-state index is 12.3. The summed E-state index contributed by atoms with van der Waals surface area (Å²) in [6.07, 6.45) is 3.89. The molecule has 2 rings (SSSR count). The first-order valence-corrected chi connectivity index (χ1v) is 6.26. The van der Waals surface area contributed by atoms with Gasteiger partial charge in [-0.15, -0.1) is 0 Å². The first kappa shape index (κ1) is 13.1. The average molecular weight is 284 g/mol. The summed E-state index contributed by atoms with van der Waals surface area (Å²) in [5.41, 5.74) is 0.674. The first-order valence-electron chi connectivity index (χ1n) is 5.51. The highest BCUT2D eigenvalue weighted by atomic mass is 35.5. The largest absolute Gasteiger partial charge is 0.285 e. The van der Waals surface area contributed by atoms with Gasteiger partial charge in [-0.25, -0.2) is 4.98 Å². The molecule has 2 aromatic heterocycles. The molecule has 18 heavy (non-hydrogen) atoms. The van der Waals surface area contributed by atoms with E-state index in [0.29, 0.717) is 17.3 Å². The van der Waals surface area contributed by atoms with E-state index in [1.807, 2.05) is 6.92 Å². The van der Waals surface area contributed by atoms with E-state index in [1.54, 1.807) is 16.9 Å². The highest BCUT2D eigenvalue weighted by Gasteiger charge is 2.18. The van der Waals surface area contributed by atoms with Crippen LogP contribution in [-0.4, -0.2) is 20.5 Å². The van der Waals surface area contributed by atoms with Gasteiger partial charge >= 0.3 is 0 Å². The van der Waals surface area contributed by atoms with Gasteiger partial charge < -0.3 is 0 Å². The Balaban J connectivity index is 2.38. The van der Waals surface area contributed by atoms with E-state index in [9.17, 15) is 4.79 Å². The van der Waals surface area contributed by atoms with Crippen LogP contribution in [-0.2, 0) is 6.54 Å². The molecule has 2 heterocycles. The van der Waals surface area contributed by atoms with Crippen molar-refractivity contribution in [3.8, 4) is 0 Å². The lowest BCUT2D eigenvalue weighted by molar-refractivity contribution is 0.102. The molecule has 0 spiro atoms. The van der Waals surface area contributed by atoms with Crippen molar-refractivity contribution >= 4 is 29.0 Å². The molecule has 94 valence electrons. The number of ketones is 1. The molecule has 4 nitrogen and oxygen atoms in total. The van der Waals surface area contributed by atoms with Gasteiger partial charge in [-0.05, 0) is 18.6 Å². The van der Waals surface area contributed by atoms with Crippen molar-refractivity contribution in [2.75, 3.05) is 0 Å². The number of nitrogens with zero attached hydrogens (tertiary/aromatic N) is 3. The molecule has 6 heteroatoms. The van der Waals surface area contributed by atoms with E-state index < -0.39 is 0 Å². The van der Waals surface area contributed by atoms with E-state index in [-0.39, 0.29) is 16.5 Å². The number of hydrogen-bond donors (Lipinski definition) is 0. The number of carbonyl (C=O) groups excluding carboxylic acids is 1. The summed E-state index contributed by atoms with van der Waals surface area (Å²) in [6, 6.07) is 3.16. The van der Waals surface area contributed by atoms with Crippen molar-refractivity contribution in [1.82, 2.24) is 14.8 Å². The number of hydrogen-bond acceptors (Lipinski definition) is 3. The monoisotopic (exact) mass is 283 g/mol. The van der Waals surface area contributed by atoms with Crippen LogP contribution in [0.15, 0.2) is 24.5 Å². The summed E-state index contributed by atoms with van der Waals surface area (Å²) >= 11 is 11.7. The Morgan fingerprint density at radius 2 is 2.22 bits per heavy atom. The highest BCUT2D eigenvalue weighted by Crippen LogP contribution is 2.21.